The minimum atomic E-state index is -0.382. The normalized spacial score (nSPS) is 10.1. The second kappa shape index (κ2) is 8.67. The van der Waals surface area contributed by atoms with E-state index in [1.165, 1.54) is 11.8 Å². The fourth-order valence-electron chi connectivity index (χ4n) is 2.43. The Labute approximate surface area is 153 Å². The van der Waals surface area contributed by atoms with Crippen LogP contribution in [0.15, 0.2) is 48.5 Å². The molecule has 2 aromatic rings. The first-order chi connectivity index (χ1) is 12.4. The predicted molar refractivity (Wildman–Crippen MR) is 100 cm³/mol. The van der Waals surface area contributed by atoms with Gasteiger partial charge in [-0.3, -0.25) is 9.59 Å². The van der Waals surface area contributed by atoms with Crippen LogP contribution in [0, 0.1) is 11.3 Å². The first kappa shape index (κ1) is 19.0. The largest absolute Gasteiger partial charge is 0.489 e. The van der Waals surface area contributed by atoms with Crippen molar-refractivity contribution in [2.45, 2.75) is 26.9 Å². The standard InChI is InChI=1S/C20H21N3O3/c1-14(2)26-19-11-7-5-9-17(19)22-20(25)13-23(15(3)24)18-10-6-4-8-16(18)12-21/h4-11,14H,13H2,1-3H3,(H,22,25). The van der Waals surface area contributed by atoms with E-state index in [4.69, 9.17) is 4.74 Å². The molecule has 0 aliphatic carbocycles. The SMILES string of the molecule is CC(=O)N(CC(=O)Nc1ccccc1OC(C)C)c1ccccc1C#N. The number of amides is 2. The Kier molecular flexibility index (Phi) is 6.34. The fourth-order valence-corrected chi connectivity index (χ4v) is 2.43. The van der Waals surface area contributed by atoms with Crippen LogP contribution >= 0.6 is 0 Å². The molecule has 0 aromatic heterocycles. The van der Waals surface area contributed by atoms with Crippen molar-refractivity contribution in [1.82, 2.24) is 0 Å². The number of benzene rings is 2. The Morgan fingerprint density at radius 3 is 2.46 bits per heavy atom. The number of carbonyl (C=O) groups excluding carboxylic acids is 2. The van der Waals surface area contributed by atoms with E-state index >= 15 is 0 Å². The number of hydrogen-bond acceptors (Lipinski definition) is 4. The summed E-state index contributed by atoms with van der Waals surface area (Å²) in [6, 6.07) is 15.8. The maximum Gasteiger partial charge on any atom is 0.244 e. The monoisotopic (exact) mass is 351 g/mol. The van der Waals surface area contributed by atoms with Crippen LogP contribution in [0.1, 0.15) is 26.3 Å². The van der Waals surface area contributed by atoms with Gasteiger partial charge in [0.05, 0.1) is 23.0 Å². The zero-order valence-electron chi connectivity index (χ0n) is 15.0. The van der Waals surface area contributed by atoms with Crippen LogP contribution < -0.4 is 15.0 Å². The summed E-state index contributed by atoms with van der Waals surface area (Å²) in [5.41, 5.74) is 1.27. The summed E-state index contributed by atoms with van der Waals surface area (Å²) in [5.74, 6) is -0.148. The lowest BCUT2D eigenvalue weighted by Crippen LogP contribution is -2.37. The summed E-state index contributed by atoms with van der Waals surface area (Å²) in [6.45, 7) is 4.95. The average molecular weight is 351 g/mol. The van der Waals surface area contributed by atoms with Crippen LogP contribution in [-0.2, 0) is 9.59 Å². The van der Waals surface area contributed by atoms with Gasteiger partial charge in [-0.1, -0.05) is 24.3 Å². The number of anilines is 2. The molecule has 0 radical (unpaired) electrons. The van der Waals surface area contributed by atoms with Crippen molar-refractivity contribution in [2.24, 2.45) is 0 Å². The van der Waals surface area contributed by atoms with E-state index in [0.29, 0.717) is 22.7 Å². The van der Waals surface area contributed by atoms with Gasteiger partial charge in [0.15, 0.2) is 0 Å². The molecular weight excluding hydrogens is 330 g/mol. The summed E-state index contributed by atoms with van der Waals surface area (Å²) >= 11 is 0. The lowest BCUT2D eigenvalue weighted by atomic mass is 10.1. The molecule has 0 aliphatic rings. The number of carbonyl (C=O) groups is 2. The molecular formula is C20H21N3O3. The first-order valence-corrected chi connectivity index (χ1v) is 8.25. The minimum absolute atomic E-state index is 0.0377. The summed E-state index contributed by atoms with van der Waals surface area (Å²) in [5, 5.41) is 12.0. The van der Waals surface area contributed by atoms with Gasteiger partial charge in [0, 0.05) is 6.92 Å². The summed E-state index contributed by atoms with van der Waals surface area (Å²) in [4.78, 5) is 25.8. The molecule has 0 atom stereocenters. The molecule has 0 unspecified atom stereocenters. The number of nitriles is 1. The van der Waals surface area contributed by atoms with Crippen molar-refractivity contribution >= 4 is 23.2 Å². The molecule has 0 saturated carbocycles. The molecule has 0 saturated heterocycles. The average Bonchev–Trinajstić information content (AvgIpc) is 2.60. The highest BCUT2D eigenvalue weighted by atomic mass is 16.5. The van der Waals surface area contributed by atoms with Gasteiger partial charge in [0.1, 0.15) is 18.4 Å². The molecule has 2 amide bonds. The van der Waals surface area contributed by atoms with E-state index in [0.717, 1.165) is 0 Å². The lowest BCUT2D eigenvalue weighted by molar-refractivity contribution is -0.120. The van der Waals surface area contributed by atoms with Crippen molar-refractivity contribution in [3.8, 4) is 11.8 Å². The Hall–Kier alpha value is -3.33. The number of rotatable bonds is 6. The molecule has 134 valence electrons. The first-order valence-electron chi connectivity index (χ1n) is 8.25. The van der Waals surface area contributed by atoms with Crippen molar-refractivity contribution in [1.29, 1.82) is 5.26 Å². The summed E-state index contributed by atoms with van der Waals surface area (Å²) in [7, 11) is 0. The third kappa shape index (κ3) is 4.84. The zero-order chi connectivity index (χ0) is 19.1. The Bertz CT molecular complexity index is 840. The summed E-state index contributed by atoms with van der Waals surface area (Å²) < 4.78 is 5.68. The Balaban J connectivity index is 2.20. The molecule has 6 nitrogen and oxygen atoms in total. The van der Waals surface area contributed by atoms with Crippen molar-refractivity contribution in [2.75, 3.05) is 16.8 Å². The highest BCUT2D eigenvalue weighted by Gasteiger charge is 2.19. The quantitative estimate of drug-likeness (QED) is 0.865. The second-order valence-electron chi connectivity index (χ2n) is 5.95. The van der Waals surface area contributed by atoms with Gasteiger partial charge in [0.25, 0.3) is 0 Å². The van der Waals surface area contributed by atoms with Crippen molar-refractivity contribution in [3.63, 3.8) is 0 Å². The fraction of sp³-hybridized carbons (Fsp3) is 0.250. The maximum atomic E-state index is 12.5. The third-order valence-electron chi connectivity index (χ3n) is 3.52. The zero-order valence-corrected chi connectivity index (χ0v) is 15.0. The van der Waals surface area contributed by atoms with Crippen LogP contribution in [0.4, 0.5) is 11.4 Å². The lowest BCUT2D eigenvalue weighted by Gasteiger charge is -2.22. The van der Waals surface area contributed by atoms with Gasteiger partial charge in [0.2, 0.25) is 11.8 Å². The van der Waals surface area contributed by atoms with Crippen LogP contribution in [0.25, 0.3) is 0 Å². The van der Waals surface area contributed by atoms with Gasteiger partial charge in [-0.05, 0) is 38.1 Å². The van der Waals surface area contributed by atoms with E-state index in [-0.39, 0.29) is 24.5 Å². The van der Waals surface area contributed by atoms with E-state index in [9.17, 15) is 14.9 Å². The number of para-hydroxylation sites is 3. The molecule has 0 fully saturated rings. The maximum absolute atomic E-state index is 12.5. The molecule has 0 spiro atoms. The molecule has 2 rings (SSSR count). The van der Waals surface area contributed by atoms with Crippen molar-refractivity contribution < 1.29 is 14.3 Å². The molecule has 0 aliphatic heterocycles. The highest BCUT2D eigenvalue weighted by Crippen LogP contribution is 2.25. The smallest absolute Gasteiger partial charge is 0.244 e. The Morgan fingerprint density at radius 1 is 1.15 bits per heavy atom. The Morgan fingerprint density at radius 2 is 1.81 bits per heavy atom. The van der Waals surface area contributed by atoms with Crippen LogP contribution in [-0.4, -0.2) is 24.5 Å². The molecule has 6 heteroatoms. The third-order valence-corrected chi connectivity index (χ3v) is 3.52. The van der Waals surface area contributed by atoms with Crippen LogP contribution in [0.3, 0.4) is 0 Å². The van der Waals surface area contributed by atoms with E-state index < -0.39 is 0 Å². The molecule has 2 aromatic carbocycles. The van der Waals surface area contributed by atoms with Gasteiger partial charge in [-0.25, -0.2) is 0 Å². The second-order valence-corrected chi connectivity index (χ2v) is 5.95. The molecule has 0 bridgehead atoms. The number of ether oxygens (including phenoxy) is 1. The molecule has 26 heavy (non-hydrogen) atoms. The highest BCUT2D eigenvalue weighted by molar-refractivity contribution is 6.02. The van der Waals surface area contributed by atoms with E-state index in [2.05, 4.69) is 5.32 Å². The minimum Gasteiger partial charge on any atom is -0.489 e. The van der Waals surface area contributed by atoms with Gasteiger partial charge < -0.3 is 15.0 Å². The number of hydrogen-bond donors (Lipinski definition) is 1. The van der Waals surface area contributed by atoms with Gasteiger partial charge >= 0.3 is 0 Å². The van der Waals surface area contributed by atoms with Crippen LogP contribution in [0.5, 0.6) is 5.75 Å². The van der Waals surface area contributed by atoms with Gasteiger partial charge in [-0.2, -0.15) is 5.26 Å². The van der Waals surface area contributed by atoms with Crippen molar-refractivity contribution in [3.05, 3.63) is 54.1 Å². The number of nitrogens with zero attached hydrogens (tertiary/aromatic N) is 2. The van der Waals surface area contributed by atoms with E-state index in [1.807, 2.05) is 26.0 Å². The van der Waals surface area contributed by atoms with Gasteiger partial charge in [-0.15, -0.1) is 0 Å². The molecule has 0 heterocycles. The summed E-state index contributed by atoms with van der Waals surface area (Å²) in [6.07, 6.45) is -0.0377. The number of nitrogens with one attached hydrogen (secondary N) is 1. The topological polar surface area (TPSA) is 82.4 Å². The predicted octanol–water partition coefficient (Wildman–Crippen LogP) is 3.34. The van der Waals surface area contributed by atoms with E-state index in [1.54, 1.807) is 42.5 Å². The molecule has 1 N–H and O–H groups in total. The van der Waals surface area contributed by atoms with Crippen LogP contribution in [0.2, 0.25) is 0 Å².